The first kappa shape index (κ1) is 15.6. The highest BCUT2D eigenvalue weighted by molar-refractivity contribution is 7.99. The molecule has 1 aromatic heterocycles. The number of hydrogen-bond acceptors (Lipinski definition) is 5. The maximum Gasteiger partial charge on any atom is 0.251 e. The van der Waals surface area contributed by atoms with Crippen LogP contribution in [0.5, 0.6) is 5.75 Å². The molecular weight excluding hydrogens is 286 g/mol. The molecule has 1 atom stereocenters. The molecule has 112 valence electrons. The minimum atomic E-state index is -0.154. The van der Waals surface area contributed by atoms with Crippen LogP contribution in [0.4, 0.5) is 0 Å². The quantitative estimate of drug-likeness (QED) is 0.606. The van der Waals surface area contributed by atoms with Crippen molar-refractivity contribution in [1.29, 1.82) is 0 Å². The molecule has 1 unspecified atom stereocenters. The number of nitrogens with zero attached hydrogens (tertiary/aromatic N) is 1. The molecule has 0 aliphatic carbocycles. The van der Waals surface area contributed by atoms with E-state index in [1.54, 1.807) is 0 Å². The highest BCUT2D eigenvalue weighted by atomic mass is 32.2. The molecule has 0 spiro atoms. The van der Waals surface area contributed by atoms with E-state index >= 15 is 0 Å². The lowest BCUT2D eigenvalue weighted by atomic mass is 10.1. The Morgan fingerprint density at radius 1 is 1.33 bits per heavy atom. The van der Waals surface area contributed by atoms with Gasteiger partial charge in [-0.1, -0.05) is 30.8 Å². The van der Waals surface area contributed by atoms with E-state index in [4.69, 9.17) is 10.5 Å². The number of nitrogens with one attached hydrogen (secondary N) is 1. The fourth-order valence-electron chi connectivity index (χ4n) is 1.72. The second-order valence-corrected chi connectivity index (χ2v) is 5.58. The van der Waals surface area contributed by atoms with Gasteiger partial charge in [-0.05, 0) is 24.1 Å². The molecule has 21 heavy (non-hydrogen) atoms. The summed E-state index contributed by atoms with van der Waals surface area (Å²) in [5.74, 6) is 1.50. The molecule has 0 aliphatic heterocycles. The van der Waals surface area contributed by atoms with E-state index < -0.39 is 0 Å². The second kappa shape index (κ2) is 7.85. The molecule has 0 bridgehead atoms. The summed E-state index contributed by atoms with van der Waals surface area (Å²) in [6.07, 6.45) is 2.48. The molecule has 0 amide bonds. The summed E-state index contributed by atoms with van der Waals surface area (Å²) in [6.45, 7) is 2.79. The third-order valence-corrected chi connectivity index (χ3v) is 3.84. The summed E-state index contributed by atoms with van der Waals surface area (Å²) in [5.41, 5.74) is 7.03. The Balaban J connectivity index is 1.90. The molecule has 1 heterocycles. The lowest BCUT2D eigenvalue weighted by Crippen LogP contribution is -2.14. The number of H-pyrrole nitrogens is 1. The van der Waals surface area contributed by atoms with E-state index in [1.165, 1.54) is 24.0 Å². The van der Waals surface area contributed by atoms with Crippen molar-refractivity contribution in [1.82, 2.24) is 9.97 Å². The van der Waals surface area contributed by atoms with Gasteiger partial charge in [0.25, 0.3) is 5.56 Å². The minimum Gasteiger partial charge on any atom is -0.494 e. The van der Waals surface area contributed by atoms with Crippen molar-refractivity contribution in [3.05, 3.63) is 52.4 Å². The zero-order chi connectivity index (χ0) is 15.1. The lowest BCUT2D eigenvalue weighted by Gasteiger charge is -2.12. The fraction of sp³-hybridized carbons (Fsp3) is 0.333. The van der Waals surface area contributed by atoms with Crippen LogP contribution >= 0.6 is 11.8 Å². The van der Waals surface area contributed by atoms with Crippen molar-refractivity contribution >= 4 is 11.8 Å². The normalized spacial score (nSPS) is 12.1. The van der Waals surface area contributed by atoms with Crippen LogP contribution in [0, 0.1) is 0 Å². The van der Waals surface area contributed by atoms with Gasteiger partial charge in [0.2, 0.25) is 0 Å². The molecule has 1 aromatic carbocycles. The van der Waals surface area contributed by atoms with Crippen LogP contribution in [-0.2, 0) is 0 Å². The molecular formula is C15H19N3O2S. The Morgan fingerprint density at radius 3 is 2.76 bits per heavy atom. The van der Waals surface area contributed by atoms with E-state index in [-0.39, 0.29) is 11.6 Å². The molecule has 0 aliphatic rings. The molecule has 6 heteroatoms. The first-order valence-corrected chi connectivity index (χ1v) is 7.84. The fourth-order valence-corrected chi connectivity index (χ4v) is 2.56. The van der Waals surface area contributed by atoms with E-state index in [0.717, 1.165) is 17.7 Å². The Bertz CT molecular complexity index is 613. The first-order valence-electron chi connectivity index (χ1n) is 6.85. The number of aromatic nitrogens is 2. The number of aromatic amines is 1. The standard InChI is InChI=1S/C15H19N3O2S/c1-2-9-20-12-5-3-11(4-6-12)13(16)10-21-15-17-8-7-14(19)18-15/h3-8,13H,2,9-10,16H2,1H3,(H,17,18,19). The summed E-state index contributed by atoms with van der Waals surface area (Å²) in [6, 6.07) is 9.06. The van der Waals surface area contributed by atoms with Crippen molar-refractivity contribution in [2.75, 3.05) is 12.4 Å². The van der Waals surface area contributed by atoms with Gasteiger partial charge in [0.05, 0.1) is 6.61 Å². The first-order chi connectivity index (χ1) is 10.2. The Labute approximate surface area is 127 Å². The summed E-state index contributed by atoms with van der Waals surface area (Å²) >= 11 is 1.43. The average Bonchev–Trinajstić information content (AvgIpc) is 2.51. The molecule has 5 nitrogen and oxygen atoms in total. The van der Waals surface area contributed by atoms with Crippen LogP contribution in [0.2, 0.25) is 0 Å². The van der Waals surface area contributed by atoms with E-state index in [9.17, 15) is 4.79 Å². The Kier molecular flexibility index (Phi) is 5.83. The van der Waals surface area contributed by atoms with Crippen molar-refractivity contribution in [3.63, 3.8) is 0 Å². The maximum atomic E-state index is 11.2. The molecule has 3 N–H and O–H groups in total. The Hall–Kier alpha value is -1.79. The van der Waals surface area contributed by atoms with Gasteiger partial charge >= 0.3 is 0 Å². The summed E-state index contributed by atoms with van der Waals surface area (Å²) in [7, 11) is 0. The molecule has 0 fully saturated rings. The SMILES string of the molecule is CCCOc1ccc(C(N)CSc2nccc(=O)[nH]2)cc1. The molecule has 0 saturated heterocycles. The van der Waals surface area contributed by atoms with Crippen LogP contribution in [-0.4, -0.2) is 22.3 Å². The van der Waals surface area contributed by atoms with Crippen LogP contribution in [0.3, 0.4) is 0 Å². The van der Waals surface area contributed by atoms with Gasteiger partial charge in [0, 0.05) is 24.1 Å². The second-order valence-electron chi connectivity index (χ2n) is 4.57. The smallest absolute Gasteiger partial charge is 0.251 e. The van der Waals surface area contributed by atoms with Crippen molar-refractivity contribution in [2.45, 2.75) is 24.5 Å². The van der Waals surface area contributed by atoms with Gasteiger partial charge in [-0.25, -0.2) is 4.98 Å². The predicted octanol–water partition coefficient (Wildman–Crippen LogP) is 2.35. The van der Waals surface area contributed by atoms with Crippen LogP contribution in [0.1, 0.15) is 24.9 Å². The van der Waals surface area contributed by atoms with E-state index in [1.807, 2.05) is 24.3 Å². The van der Waals surface area contributed by atoms with Gasteiger partial charge in [0.1, 0.15) is 5.75 Å². The zero-order valence-corrected chi connectivity index (χ0v) is 12.7. The molecule has 0 radical (unpaired) electrons. The van der Waals surface area contributed by atoms with Crippen molar-refractivity contribution in [3.8, 4) is 5.75 Å². The third kappa shape index (κ3) is 4.91. The minimum absolute atomic E-state index is 0.124. The van der Waals surface area contributed by atoms with Crippen LogP contribution < -0.4 is 16.0 Å². The number of nitrogens with two attached hydrogens (primary N) is 1. The highest BCUT2D eigenvalue weighted by Crippen LogP contribution is 2.22. The third-order valence-electron chi connectivity index (χ3n) is 2.83. The monoisotopic (exact) mass is 305 g/mol. The summed E-state index contributed by atoms with van der Waals surface area (Å²) in [4.78, 5) is 17.9. The van der Waals surface area contributed by atoms with Gasteiger partial charge < -0.3 is 15.5 Å². The largest absolute Gasteiger partial charge is 0.494 e. The number of hydrogen-bond donors (Lipinski definition) is 2. The van der Waals surface area contributed by atoms with Gasteiger partial charge in [-0.3, -0.25) is 4.79 Å². The Morgan fingerprint density at radius 2 is 2.10 bits per heavy atom. The van der Waals surface area contributed by atoms with Gasteiger partial charge in [-0.15, -0.1) is 0 Å². The zero-order valence-electron chi connectivity index (χ0n) is 11.9. The van der Waals surface area contributed by atoms with Gasteiger partial charge in [0.15, 0.2) is 5.16 Å². The lowest BCUT2D eigenvalue weighted by molar-refractivity contribution is 0.317. The number of ether oxygens (including phenoxy) is 1. The van der Waals surface area contributed by atoms with E-state index in [0.29, 0.717) is 17.5 Å². The van der Waals surface area contributed by atoms with Crippen LogP contribution in [0.25, 0.3) is 0 Å². The molecule has 0 saturated carbocycles. The topological polar surface area (TPSA) is 81.0 Å². The van der Waals surface area contributed by atoms with Crippen LogP contribution in [0.15, 0.2) is 46.5 Å². The van der Waals surface area contributed by atoms with Crippen molar-refractivity contribution < 1.29 is 4.74 Å². The summed E-state index contributed by atoms with van der Waals surface area (Å²) < 4.78 is 5.54. The van der Waals surface area contributed by atoms with Gasteiger partial charge in [-0.2, -0.15) is 0 Å². The molecule has 2 aromatic rings. The predicted molar refractivity (Wildman–Crippen MR) is 84.7 cm³/mol. The average molecular weight is 305 g/mol. The highest BCUT2D eigenvalue weighted by Gasteiger charge is 2.08. The number of thioether (sulfide) groups is 1. The maximum absolute atomic E-state index is 11.2. The van der Waals surface area contributed by atoms with Crippen molar-refractivity contribution in [2.24, 2.45) is 5.73 Å². The van der Waals surface area contributed by atoms with E-state index in [2.05, 4.69) is 16.9 Å². The molecule has 2 rings (SSSR count). The number of rotatable bonds is 7. The number of benzene rings is 1. The summed E-state index contributed by atoms with van der Waals surface area (Å²) in [5, 5.41) is 0.584.